The van der Waals surface area contributed by atoms with Gasteiger partial charge in [0, 0.05) is 0 Å². The Morgan fingerprint density at radius 2 is 1.40 bits per heavy atom. The van der Waals surface area contributed by atoms with Gasteiger partial charge in [-0.15, -0.1) is 0 Å². The number of primary amides is 1. The van der Waals surface area contributed by atoms with Gasteiger partial charge in [-0.25, -0.2) is 0 Å². The average Bonchev–Trinajstić information content (AvgIpc) is 2.49. The standard InChI is InChI=1S/C16H31NO6S.Na/c1-2-3-4-5-6-7-8-9-10-11-12-23-24(21,22)14(16(19)20)13-15(17)18;/h14H,2-13H2,1H3,(H2,17,18)(H,19,20);/q;+1/p-1. The molecular weight excluding hydrogens is 357 g/mol. The van der Waals surface area contributed by atoms with Gasteiger partial charge in [-0.1, -0.05) is 64.7 Å². The monoisotopic (exact) mass is 387 g/mol. The van der Waals surface area contributed by atoms with Crippen molar-refractivity contribution in [1.29, 1.82) is 0 Å². The van der Waals surface area contributed by atoms with Crippen LogP contribution in [-0.2, 0) is 23.9 Å². The first kappa shape index (κ1) is 27.1. The van der Waals surface area contributed by atoms with Crippen molar-refractivity contribution in [1.82, 2.24) is 0 Å². The van der Waals surface area contributed by atoms with Crippen LogP contribution in [0.15, 0.2) is 0 Å². The molecule has 0 aromatic heterocycles. The number of hydrogen-bond donors (Lipinski definition) is 1. The van der Waals surface area contributed by atoms with Gasteiger partial charge in [0.15, 0.2) is 0 Å². The summed E-state index contributed by atoms with van der Waals surface area (Å²) in [5, 5.41) is 8.76. The van der Waals surface area contributed by atoms with Gasteiger partial charge in [0.05, 0.1) is 19.0 Å². The molecule has 0 radical (unpaired) electrons. The molecule has 0 spiro atoms. The van der Waals surface area contributed by atoms with Crippen LogP contribution in [0.5, 0.6) is 0 Å². The van der Waals surface area contributed by atoms with Gasteiger partial charge < -0.3 is 15.6 Å². The Hall–Kier alpha value is -0.150. The summed E-state index contributed by atoms with van der Waals surface area (Å²) in [6.07, 6.45) is 10.1. The fourth-order valence-electron chi connectivity index (χ4n) is 2.33. The Balaban J connectivity index is 0. The summed E-state index contributed by atoms with van der Waals surface area (Å²) in [7, 11) is -4.39. The predicted octanol–water partition coefficient (Wildman–Crippen LogP) is -1.75. The number of carboxylic acids is 1. The fourth-order valence-corrected chi connectivity index (χ4v) is 3.45. The molecule has 0 rings (SSSR count). The maximum atomic E-state index is 11.7. The Labute approximate surface area is 173 Å². The minimum Gasteiger partial charge on any atom is -0.549 e. The molecule has 0 saturated heterocycles. The first-order chi connectivity index (χ1) is 11.3. The van der Waals surface area contributed by atoms with E-state index < -0.39 is 33.7 Å². The first-order valence-electron chi connectivity index (χ1n) is 8.68. The molecule has 0 fully saturated rings. The molecule has 0 bridgehead atoms. The second-order valence-electron chi connectivity index (χ2n) is 5.97. The van der Waals surface area contributed by atoms with Crippen molar-refractivity contribution in [2.24, 2.45) is 5.73 Å². The van der Waals surface area contributed by atoms with Crippen molar-refractivity contribution >= 4 is 22.0 Å². The molecule has 0 aliphatic carbocycles. The normalized spacial score (nSPS) is 12.4. The number of carbonyl (C=O) groups excluding carboxylic acids is 2. The third-order valence-electron chi connectivity index (χ3n) is 3.74. The predicted molar refractivity (Wildman–Crippen MR) is 89.3 cm³/mol. The number of aliphatic carboxylic acids is 1. The summed E-state index contributed by atoms with van der Waals surface area (Å²) < 4.78 is 28.1. The molecule has 0 saturated carbocycles. The van der Waals surface area contributed by atoms with E-state index in [1.54, 1.807) is 0 Å². The molecule has 2 N–H and O–H groups in total. The molecule has 142 valence electrons. The molecule has 1 amide bonds. The molecule has 0 aromatic rings. The number of carbonyl (C=O) groups is 2. The minimum atomic E-state index is -4.39. The van der Waals surface area contributed by atoms with Crippen molar-refractivity contribution in [2.45, 2.75) is 82.8 Å². The smallest absolute Gasteiger partial charge is 0.549 e. The zero-order chi connectivity index (χ0) is 18.4. The zero-order valence-corrected chi connectivity index (χ0v) is 18.3. The van der Waals surface area contributed by atoms with Crippen LogP contribution in [-0.4, -0.2) is 32.2 Å². The molecule has 0 heterocycles. The topological polar surface area (TPSA) is 127 Å². The van der Waals surface area contributed by atoms with Crippen molar-refractivity contribution < 1.29 is 56.9 Å². The molecule has 0 aliphatic rings. The number of unbranched alkanes of at least 4 members (excludes halogenated alkanes) is 9. The van der Waals surface area contributed by atoms with Gasteiger partial charge in [-0.2, -0.15) is 8.42 Å². The molecule has 0 aromatic carbocycles. The number of hydrogen-bond acceptors (Lipinski definition) is 6. The summed E-state index contributed by atoms with van der Waals surface area (Å²) in [6, 6.07) is 0. The van der Waals surface area contributed by atoms with E-state index >= 15 is 0 Å². The van der Waals surface area contributed by atoms with Crippen LogP contribution in [0.25, 0.3) is 0 Å². The van der Waals surface area contributed by atoms with Crippen molar-refractivity contribution in [3.8, 4) is 0 Å². The second-order valence-corrected chi connectivity index (χ2v) is 7.77. The van der Waals surface area contributed by atoms with Gasteiger partial charge in [-0.3, -0.25) is 8.98 Å². The largest absolute Gasteiger partial charge is 1.00 e. The Morgan fingerprint density at radius 1 is 0.960 bits per heavy atom. The number of amides is 1. The average molecular weight is 387 g/mol. The van der Waals surface area contributed by atoms with E-state index in [-0.39, 0.29) is 36.2 Å². The van der Waals surface area contributed by atoms with E-state index in [1.807, 2.05) is 0 Å². The third kappa shape index (κ3) is 14.7. The van der Waals surface area contributed by atoms with Gasteiger partial charge in [-0.05, 0) is 6.42 Å². The van der Waals surface area contributed by atoms with Gasteiger partial charge >= 0.3 is 29.6 Å². The van der Waals surface area contributed by atoms with Crippen LogP contribution in [0.1, 0.15) is 77.6 Å². The number of carboxylic acid groups (broad SMARTS) is 1. The SMILES string of the molecule is CCCCCCCCCCCCOS(=O)(=O)C(CC(N)=O)C(=O)[O-].[Na+]. The Kier molecular flexibility index (Phi) is 17.4. The zero-order valence-electron chi connectivity index (χ0n) is 15.5. The van der Waals surface area contributed by atoms with E-state index in [0.29, 0.717) is 6.42 Å². The van der Waals surface area contributed by atoms with Crippen molar-refractivity contribution in [3.05, 3.63) is 0 Å². The summed E-state index contributed by atoms with van der Waals surface area (Å²) in [6.45, 7) is 2.09. The van der Waals surface area contributed by atoms with E-state index in [1.165, 1.54) is 38.5 Å². The van der Waals surface area contributed by atoms with Crippen LogP contribution >= 0.6 is 0 Å². The van der Waals surface area contributed by atoms with Crippen LogP contribution in [0.4, 0.5) is 0 Å². The summed E-state index contributed by atoms with van der Waals surface area (Å²) in [5.74, 6) is -2.91. The quantitative estimate of drug-likeness (QED) is 0.190. The molecular formula is C16H30NNaO6S. The molecule has 9 heteroatoms. The first-order valence-corrected chi connectivity index (χ1v) is 10.2. The van der Waals surface area contributed by atoms with E-state index in [0.717, 1.165) is 19.3 Å². The summed E-state index contributed by atoms with van der Waals surface area (Å²) >= 11 is 0. The fraction of sp³-hybridized carbons (Fsp3) is 0.875. The van der Waals surface area contributed by atoms with Crippen LogP contribution in [0, 0.1) is 0 Å². The van der Waals surface area contributed by atoms with E-state index in [2.05, 4.69) is 11.1 Å². The Morgan fingerprint density at radius 3 is 1.80 bits per heavy atom. The third-order valence-corrected chi connectivity index (χ3v) is 5.29. The number of rotatable bonds is 16. The van der Waals surface area contributed by atoms with Gasteiger partial charge in [0.25, 0.3) is 10.1 Å². The minimum absolute atomic E-state index is 0. The van der Waals surface area contributed by atoms with Crippen LogP contribution in [0.3, 0.4) is 0 Å². The maximum absolute atomic E-state index is 11.7. The molecule has 7 nitrogen and oxygen atoms in total. The molecule has 25 heavy (non-hydrogen) atoms. The van der Waals surface area contributed by atoms with E-state index in [9.17, 15) is 23.1 Å². The van der Waals surface area contributed by atoms with Gasteiger partial charge in [0.1, 0.15) is 5.25 Å². The van der Waals surface area contributed by atoms with Crippen molar-refractivity contribution in [3.63, 3.8) is 0 Å². The van der Waals surface area contributed by atoms with Crippen molar-refractivity contribution in [2.75, 3.05) is 6.61 Å². The molecule has 1 atom stereocenters. The van der Waals surface area contributed by atoms with Crippen LogP contribution < -0.4 is 40.4 Å². The molecule has 0 aliphatic heterocycles. The van der Waals surface area contributed by atoms with Gasteiger partial charge in [0.2, 0.25) is 5.91 Å². The summed E-state index contributed by atoms with van der Waals surface area (Å²) in [5.41, 5.74) is 4.84. The Bertz CT molecular complexity index is 469. The second kappa shape index (κ2) is 16.1. The van der Waals surface area contributed by atoms with E-state index in [4.69, 9.17) is 5.73 Å². The van der Waals surface area contributed by atoms with Crippen LogP contribution in [0.2, 0.25) is 0 Å². The summed E-state index contributed by atoms with van der Waals surface area (Å²) in [4.78, 5) is 21.5. The maximum Gasteiger partial charge on any atom is 1.00 e. The molecule has 1 unspecified atom stereocenters. The number of nitrogens with two attached hydrogens (primary N) is 1.